The molecule has 0 aliphatic carbocycles. The van der Waals surface area contributed by atoms with Crippen molar-refractivity contribution in [3.63, 3.8) is 0 Å². The fourth-order valence-electron chi connectivity index (χ4n) is 3.50. The van der Waals surface area contributed by atoms with E-state index in [1.807, 2.05) is 18.2 Å². The fraction of sp³-hybridized carbons (Fsp3) is 0.381. The monoisotopic (exact) mass is 417 g/mol. The van der Waals surface area contributed by atoms with E-state index >= 15 is 0 Å². The van der Waals surface area contributed by atoms with Gasteiger partial charge in [-0.25, -0.2) is 12.7 Å². The lowest BCUT2D eigenvalue weighted by Crippen LogP contribution is -2.42. The van der Waals surface area contributed by atoms with Gasteiger partial charge in [-0.15, -0.1) is 0 Å². The number of methoxy groups -OCH3 is 1. The SMILES string of the molecule is COc1ccc(S(=O)(=O)N(C)C)cc1NC(=O)CN1c2ccccc2CC[C@H]1C. The van der Waals surface area contributed by atoms with Gasteiger partial charge in [0.25, 0.3) is 0 Å². The number of ether oxygens (including phenoxy) is 1. The summed E-state index contributed by atoms with van der Waals surface area (Å²) in [5, 5.41) is 2.82. The lowest BCUT2D eigenvalue weighted by atomic mass is 9.96. The first kappa shape index (κ1) is 21.1. The van der Waals surface area contributed by atoms with E-state index < -0.39 is 10.0 Å². The van der Waals surface area contributed by atoms with Crippen LogP contribution < -0.4 is 15.0 Å². The topological polar surface area (TPSA) is 79.0 Å². The molecule has 0 saturated heterocycles. The minimum atomic E-state index is -3.62. The van der Waals surface area contributed by atoms with Crippen LogP contribution in [0.1, 0.15) is 18.9 Å². The lowest BCUT2D eigenvalue weighted by Gasteiger charge is -2.36. The van der Waals surface area contributed by atoms with Gasteiger partial charge in [-0.2, -0.15) is 0 Å². The third-order valence-electron chi connectivity index (χ3n) is 5.20. The molecule has 0 spiro atoms. The molecule has 2 aromatic rings. The van der Waals surface area contributed by atoms with Crippen LogP contribution >= 0.6 is 0 Å². The third kappa shape index (κ3) is 4.38. The quantitative estimate of drug-likeness (QED) is 0.782. The zero-order valence-electron chi connectivity index (χ0n) is 17.2. The molecule has 1 aliphatic rings. The number of carbonyl (C=O) groups excluding carboxylic acids is 1. The van der Waals surface area contributed by atoms with Crippen LogP contribution in [0.2, 0.25) is 0 Å². The van der Waals surface area contributed by atoms with Crippen molar-refractivity contribution in [2.75, 3.05) is 38.0 Å². The molecule has 1 aliphatic heterocycles. The van der Waals surface area contributed by atoms with Gasteiger partial charge in [0, 0.05) is 25.8 Å². The van der Waals surface area contributed by atoms with Crippen molar-refractivity contribution < 1.29 is 17.9 Å². The molecule has 0 bridgehead atoms. The second kappa shape index (κ2) is 8.42. The smallest absolute Gasteiger partial charge is 0.244 e. The van der Waals surface area contributed by atoms with Crippen molar-refractivity contribution in [3.8, 4) is 5.75 Å². The number of carbonyl (C=O) groups is 1. The minimum Gasteiger partial charge on any atom is -0.495 e. The predicted octanol–water partition coefficient (Wildman–Crippen LogP) is 2.73. The van der Waals surface area contributed by atoms with Crippen LogP contribution in [0.25, 0.3) is 0 Å². The van der Waals surface area contributed by atoms with Gasteiger partial charge in [-0.3, -0.25) is 4.79 Å². The van der Waals surface area contributed by atoms with Gasteiger partial charge in [-0.1, -0.05) is 18.2 Å². The molecule has 3 rings (SSSR count). The van der Waals surface area contributed by atoms with E-state index in [1.165, 1.54) is 38.9 Å². The summed E-state index contributed by atoms with van der Waals surface area (Å²) in [6, 6.07) is 12.8. The highest BCUT2D eigenvalue weighted by Gasteiger charge is 2.25. The van der Waals surface area contributed by atoms with Crippen LogP contribution in [0.3, 0.4) is 0 Å². The van der Waals surface area contributed by atoms with Crippen LogP contribution in [-0.2, 0) is 21.2 Å². The van der Waals surface area contributed by atoms with E-state index in [0.29, 0.717) is 11.4 Å². The van der Waals surface area contributed by atoms with Crippen molar-refractivity contribution in [3.05, 3.63) is 48.0 Å². The molecule has 1 amide bonds. The number of amides is 1. The molecule has 2 aromatic carbocycles. The Labute approximate surface area is 172 Å². The molecule has 1 atom stereocenters. The number of nitrogens with zero attached hydrogens (tertiary/aromatic N) is 2. The van der Waals surface area contributed by atoms with Gasteiger partial charge < -0.3 is 15.0 Å². The maximum absolute atomic E-state index is 12.8. The molecule has 1 N–H and O–H groups in total. The van der Waals surface area contributed by atoms with Crippen LogP contribution in [0.5, 0.6) is 5.75 Å². The molecule has 0 saturated carbocycles. The maximum atomic E-state index is 12.8. The van der Waals surface area contributed by atoms with Crippen LogP contribution in [0.15, 0.2) is 47.4 Å². The molecule has 8 heteroatoms. The van der Waals surface area contributed by atoms with Gasteiger partial charge >= 0.3 is 0 Å². The van der Waals surface area contributed by atoms with E-state index in [4.69, 9.17) is 4.74 Å². The van der Waals surface area contributed by atoms with Crippen molar-refractivity contribution >= 4 is 27.3 Å². The Morgan fingerprint density at radius 2 is 1.97 bits per heavy atom. The normalized spacial score (nSPS) is 16.4. The van der Waals surface area contributed by atoms with Gasteiger partial charge in [0.1, 0.15) is 5.75 Å². The largest absolute Gasteiger partial charge is 0.495 e. The highest BCUT2D eigenvalue weighted by Crippen LogP contribution is 2.31. The number of hydrogen-bond donors (Lipinski definition) is 1. The number of benzene rings is 2. The second-order valence-electron chi connectivity index (χ2n) is 7.34. The number of sulfonamides is 1. The summed E-state index contributed by atoms with van der Waals surface area (Å²) in [5.41, 5.74) is 2.63. The number of aryl methyl sites for hydroxylation is 1. The van der Waals surface area contributed by atoms with E-state index in [9.17, 15) is 13.2 Å². The number of rotatable bonds is 6. The van der Waals surface area contributed by atoms with Crippen LogP contribution in [0.4, 0.5) is 11.4 Å². The molecule has 29 heavy (non-hydrogen) atoms. The Kier molecular flexibility index (Phi) is 6.14. The van der Waals surface area contributed by atoms with E-state index in [-0.39, 0.29) is 23.4 Å². The van der Waals surface area contributed by atoms with E-state index in [1.54, 1.807) is 6.07 Å². The lowest BCUT2D eigenvalue weighted by molar-refractivity contribution is -0.115. The summed E-state index contributed by atoms with van der Waals surface area (Å²) in [5.74, 6) is 0.175. The summed E-state index contributed by atoms with van der Waals surface area (Å²) in [6.45, 7) is 2.28. The number of nitrogens with one attached hydrogen (secondary N) is 1. The summed E-state index contributed by atoms with van der Waals surface area (Å²) < 4.78 is 31.3. The minimum absolute atomic E-state index is 0.0929. The molecule has 0 aromatic heterocycles. The van der Waals surface area contributed by atoms with Crippen LogP contribution in [0, 0.1) is 0 Å². The third-order valence-corrected chi connectivity index (χ3v) is 7.01. The summed E-state index contributed by atoms with van der Waals surface area (Å²) in [4.78, 5) is 15.0. The standard InChI is InChI=1S/C21H27N3O4S/c1-15-9-10-16-7-5-6-8-19(16)24(15)14-21(25)22-18-13-17(11-12-20(18)28-4)29(26,27)23(2)3/h5-8,11-13,15H,9-10,14H2,1-4H3,(H,22,25)/t15-/m1/s1. The molecule has 7 nitrogen and oxygen atoms in total. The number of anilines is 2. The molecule has 1 heterocycles. The Hall–Kier alpha value is -2.58. The molecular formula is C21H27N3O4S. The van der Waals surface area contributed by atoms with Gasteiger partial charge in [0.05, 0.1) is 24.2 Å². The molecule has 156 valence electrons. The average molecular weight is 418 g/mol. The summed E-state index contributed by atoms with van der Waals surface area (Å²) in [7, 11) is 0.791. The maximum Gasteiger partial charge on any atom is 0.244 e. The van der Waals surface area contributed by atoms with E-state index in [2.05, 4.69) is 23.2 Å². The summed E-state index contributed by atoms with van der Waals surface area (Å²) in [6.07, 6.45) is 1.97. The highest BCUT2D eigenvalue weighted by atomic mass is 32.2. The Morgan fingerprint density at radius 1 is 1.24 bits per heavy atom. The van der Waals surface area contributed by atoms with Crippen LogP contribution in [-0.4, -0.2) is 52.4 Å². The second-order valence-corrected chi connectivity index (χ2v) is 9.49. The van der Waals surface area contributed by atoms with Gasteiger partial charge in [-0.05, 0) is 49.6 Å². The Bertz CT molecular complexity index is 1000. The van der Waals surface area contributed by atoms with Gasteiger partial charge in [0.2, 0.25) is 15.9 Å². The molecule has 0 radical (unpaired) electrons. The van der Waals surface area contributed by atoms with Crippen molar-refractivity contribution in [2.24, 2.45) is 0 Å². The van der Waals surface area contributed by atoms with Gasteiger partial charge in [0.15, 0.2) is 0 Å². The molecule has 0 unspecified atom stereocenters. The Balaban J connectivity index is 1.84. The molecular weight excluding hydrogens is 390 g/mol. The Morgan fingerprint density at radius 3 is 2.66 bits per heavy atom. The first-order valence-electron chi connectivity index (χ1n) is 9.49. The predicted molar refractivity (Wildman–Crippen MR) is 114 cm³/mol. The summed E-state index contributed by atoms with van der Waals surface area (Å²) >= 11 is 0. The first-order valence-corrected chi connectivity index (χ1v) is 10.9. The molecule has 0 fully saturated rings. The number of para-hydroxylation sites is 1. The zero-order valence-corrected chi connectivity index (χ0v) is 18.0. The average Bonchev–Trinajstić information content (AvgIpc) is 2.70. The van der Waals surface area contributed by atoms with Crippen molar-refractivity contribution in [1.29, 1.82) is 0 Å². The zero-order chi connectivity index (χ0) is 21.2. The first-order chi connectivity index (χ1) is 13.7. The highest BCUT2D eigenvalue weighted by molar-refractivity contribution is 7.89. The fourth-order valence-corrected chi connectivity index (χ4v) is 4.43. The van der Waals surface area contributed by atoms with Crippen molar-refractivity contribution in [2.45, 2.75) is 30.7 Å². The van der Waals surface area contributed by atoms with Crippen molar-refractivity contribution in [1.82, 2.24) is 4.31 Å². The number of hydrogen-bond acceptors (Lipinski definition) is 5. The van der Waals surface area contributed by atoms with E-state index in [0.717, 1.165) is 22.8 Å². The number of fused-ring (bicyclic) bond motifs is 1.